The highest BCUT2D eigenvalue weighted by Crippen LogP contribution is 2.29. The zero-order chi connectivity index (χ0) is 10.7. The Morgan fingerprint density at radius 1 is 1.53 bits per heavy atom. The van der Waals surface area contributed by atoms with E-state index >= 15 is 0 Å². The van der Waals surface area contributed by atoms with Crippen LogP contribution in [-0.4, -0.2) is 60.8 Å². The summed E-state index contributed by atoms with van der Waals surface area (Å²) in [5, 5.41) is 3.39. The summed E-state index contributed by atoms with van der Waals surface area (Å²) in [6, 6.07) is 0. The number of ether oxygens (including phenoxy) is 1. The highest BCUT2D eigenvalue weighted by atomic mass is 32.2. The fourth-order valence-electron chi connectivity index (χ4n) is 2.30. The van der Waals surface area contributed by atoms with Crippen LogP contribution in [0.3, 0.4) is 0 Å². The minimum atomic E-state index is 0.401. The topological polar surface area (TPSA) is 24.5 Å². The smallest absolute Gasteiger partial charge is 0.0826 e. The molecule has 0 saturated carbocycles. The van der Waals surface area contributed by atoms with Gasteiger partial charge in [-0.1, -0.05) is 0 Å². The normalized spacial score (nSPS) is 32.8. The molecule has 4 heteroatoms. The second-order valence-corrected chi connectivity index (χ2v) is 6.84. The Bertz CT molecular complexity index is 205. The second-order valence-electron chi connectivity index (χ2n) is 5.04. The summed E-state index contributed by atoms with van der Waals surface area (Å²) in [5.41, 5.74) is 0. The van der Waals surface area contributed by atoms with Gasteiger partial charge in [0, 0.05) is 43.2 Å². The Kier molecular flexibility index (Phi) is 3.93. The molecule has 1 unspecified atom stereocenters. The largest absolute Gasteiger partial charge is 0.374 e. The first-order valence-electron chi connectivity index (χ1n) is 5.84. The molecule has 0 aromatic heterocycles. The quantitative estimate of drug-likeness (QED) is 0.758. The minimum Gasteiger partial charge on any atom is -0.374 e. The minimum absolute atomic E-state index is 0.401. The molecular weight excluding hydrogens is 208 g/mol. The van der Waals surface area contributed by atoms with Crippen LogP contribution in [0.25, 0.3) is 0 Å². The number of thioether (sulfide) groups is 1. The molecule has 15 heavy (non-hydrogen) atoms. The van der Waals surface area contributed by atoms with Crippen LogP contribution >= 0.6 is 11.8 Å². The molecule has 0 spiro atoms. The maximum Gasteiger partial charge on any atom is 0.0826 e. The fourth-order valence-corrected chi connectivity index (χ4v) is 3.47. The number of hydrogen-bond acceptors (Lipinski definition) is 4. The van der Waals surface area contributed by atoms with Crippen molar-refractivity contribution in [3.05, 3.63) is 0 Å². The van der Waals surface area contributed by atoms with E-state index in [4.69, 9.17) is 4.74 Å². The SMILES string of the molecule is CC1(C)CN(CC2CNCCO2)CCS1. The highest BCUT2D eigenvalue weighted by molar-refractivity contribution is 8.00. The Balaban J connectivity index is 1.78. The zero-order valence-corrected chi connectivity index (χ0v) is 10.6. The lowest BCUT2D eigenvalue weighted by atomic mass is 10.1. The van der Waals surface area contributed by atoms with E-state index < -0.39 is 0 Å². The lowest BCUT2D eigenvalue weighted by Gasteiger charge is -2.39. The summed E-state index contributed by atoms with van der Waals surface area (Å²) in [6.45, 7) is 11.1. The third-order valence-electron chi connectivity index (χ3n) is 2.97. The van der Waals surface area contributed by atoms with Crippen LogP contribution in [-0.2, 0) is 4.74 Å². The molecule has 3 nitrogen and oxygen atoms in total. The van der Waals surface area contributed by atoms with Crippen molar-refractivity contribution < 1.29 is 4.74 Å². The summed E-state index contributed by atoms with van der Waals surface area (Å²) in [6.07, 6.45) is 0.401. The predicted octanol–water partition coefficient (Wildman–Crippen LogP) is 0.802. The summed E-state index contributed by atoms with van der Waals surface area (Å²) in [5.74, 6) is 1.26. The van der Waals surface area contributed by atoms with E-state index in [-0.39, 0.29) is 0 Å². The van der Waals surface area contributed by atoms with E-state index in [0.717, 1.165) is 26.2 Å². The first-order valence-corrected chi connectivity index (χ1v) is 6.83. The van der Waals surface area contributed by atoms with Gasteiger partial charge in [-0.15, -0.1) is 0 Å². The third-order valence-corrected chi connectivity index (χ3v) is 4.27. The van der Waals surface area contributed by atoms with Crippen LogP contribution in [0.15, 0.2) is 0 Å². The number of nitrogens with one attached hydrogen (secondary N) is 1. The van der Waals surface area contributed by atoms with Crippen LogP contribution in [0.4, 0.5) is 0 Å². The van der Waals surface area contributed by atoms with Crippen LogP contribution in [0.1, 0.15) is 13.8 Å². The van der Waals surface area contributed by atoms with E-state index in [2.05, 4.69) is 35.8 Å². The van der Waals surface area contributed by atoms with Crippen molar-refractivity contribution in [1.29, 1.82) is 0 Å². The molecule has 2 aliphatic heterocycles. The second kappa shape index (κ2) is 5.04. The van der Waals surface area contributed by atoms with Crippen LogP contribution in [0, 0.1) is 0 Å². The molecular formula is C11H22N2OS. The molecule has 0 aliphatic carbocycles. The van der Waals surface area contributed by atoms with Gasteiger partial charge >= 0.3 is 0 Å². The van der Waals surface area contributed by atoms with Gasteiger partial charge in [-0.2, -0.15) is 11.8 Å². The summed E-state index contributed by atoms with van der Waals surface area (Å²) in [7, 11) is 0. The Morgan fingerprint density at radius 2 is 2.40 bits per heavy atom. The molecule has 1 N–H and O–H groups in total. The van der Waals surface area contributed by atoms with Crippen LogP contribution in [0.5, 0.6) is 0 Å². The van der Waals surface area contributed by atoms with Crippen LogP contribution < -0.4 is 5.32 Å². The van der Waals surface area contributed by atoms with Gasteiger partial charge in [0.15, 0.2) is 0 Å². The number of morpholine rings is 1. The fraction of sp³-hybridized carbons (Fsp3) is 1.00. The highest BCUT2D eigenvalue weighted by Gasteiger charge is 2.28. The van der Waals surface area contributed by atoms with Gasteiger partial charge in [0.2, 0.25) is 0 Å². The zero-order valence-electron chi connectivity index (χ0n) is 9.79. The van der Waals surface area contributed by atoms with Crippen molar-refractivity contribution in [1.82, 2.24) is 10.2 Å². The Hall–Kier alpha value is 0.230. The average Bonchev–Trinajstić information content (AvgIpc) is 2.17. The Labute approximate surface area is 96.9 Å². The van der Waals surface area contributed by atoms with Crippen LogP contribution in [0.2, 0.25) is 0 Å². The van der Waals surface area contributed by atoms with Crippen molar-refractivity contribution in [3.63, 3.8) is 0 Å². The standard InChI is InChI=1S/C11H22N2OS/c1-11(2)9-13(4-6-15-11)8-10-7-12-3-5-14-10/h10,12H,3-9H2,1-2H3. The number of rotatable bonds is 2. The molecule has 2 fully saturated rings. The molecule has 0 aromatic rings. The molecule has 2 aliphatic rings. The molecule has 2 heterocycles. The molecule has 2 saturated heterocycles. The van der Waals surface area contributed by atoms with E-state index in [1.54, 1.807) is 0 Å². The average molecular weight is 230 g/mol. The molecule has 0 amide bonds. The van der Waals surface area contributed by atoms with Crippen molar-refractivity contribution >= 4 is 11.8 Å². The van der Waals surface area contributed by atoms with Crippen molar-refractivity contribution in [2.24, 2.45) is 0 Å². The van der Waals surface area contributed by atoms with Gasteiger partial charge < -0.3 is 10.1 Å². The molecule has 88 valence electrons. The van der Waals surface area contributed by atoms with Gasteiger partial charge in [0.25, 0.3) is 0 Å². The van der Waals surface area contributed by atoms with Gasteiger partial charge in [-0.25, -0.2) is 0 Å². The maximum absolute atomic E-state index is 5.74. The van der Waals surface area contributed by atoms with Gasteiger partial charge in [-0.05, 0) is 13.8 Å². The summed E-state index contributed by atoms with van der Waals surface area (Å²) >= 11 is 2.09. The maximum atomic E-state index is 5.74. The van der Waals surface area contributed by atoms with E-state index in [1.807, 2.05) is 0 Å². The first kappa shape index (κ1) is 11.7. The molecule has 0 radical (unpaired) electrons. The monoisotopic (exact) mass is 230 g/mol. The summed E-state index contributed by atoms with van der Waals surface area (Å²) in [4.78, 5) is 2.55. The predicted molar refractivity (Wildman–Crippen MR) is 65.6 cm³/mol. The molecule has 0 bridgehead atoms. The number of nitrogens with zero attached hydrogens (tertiary/aromatic N) is 1. The summed E-state index contributed by atoms with van der Waals surface area (Å²) < 4.78 is 6.15. The van der Waals surface area contributed by atoms with Crippen molar-refractivity contribution in [3.8, 4) is 0 Å². The van der Waals surface area contributed by atoms with Gasteiger partial charge in [-0.3, -0.25) is 4.90 Å². The van der Waals surface area contributed by atoms with Gasteiger partial charge in [0.05, 0.1) is 12.7 Å². The van der Waals surface area contributed by atoms with E-state index in [0.29, 0.717) is 10.9 Å². The molecule has 0 aromatic carbocycles. The lowest BCUT2D eigenvalue weighted by molar-refractivity contribution is 0.00486. The first-order chi connectivity index (χ1) is 7.16. The van der Waals surface area contributed by atoms with E-state index in [1.165, 1.54) is 18.8 Å². The van der Waals surface area contributed by atoms with Crippen molar-refractivity contribution in [2.45, 2.75) is 24.7 Å². The third kappa shape index (κ3) is 3.63. The Morgan fingerprint density at radius 3 is 3.07 bits per heavy atom. The van der Waals surface area contributed by atoms with Gasteiger partial charge in [0.1, 0.15) is 0 Å². The van der Waals surface area contributed by atoms with Crippen molar-refractivity contribution in [2.75, 3.05) is 45.1 Å². The lowest BCUT2D eigenvalue weighted by Crippen LogP contribution is -2.50. The van der Waals surface area contributed by atoms with E-state index in [9.17, 15) is 0 Å². The molecule has 1 atom stereocenters. The number of hydrogen-bond donors (Lipinski definition) is 1. The molecule has 2 rings (SSSR count).